The quantitative estimate of drug-likeness (QED) is 0.418. The highest BCUT2D eigenvalue weighted by Gasteiger charge is 2.14. The third kappa shape index (κ3) is 4.72. The number of tetrazole rings is 1. The van der Waals surface area contributed by atoms with Crippen molar-refractivity contribution in [1.29, 1.82) is 0 Å². The molecular formula is C20H21N9OS. The van der Waals surface area contributed by atoms with Crippen LogP contribution in [0.25, 0.3) is 5.69 Å². The van der Waals surface area contributed by atoms with Gasteiger partial charge in [-0.15, -0.1) is 5.10 Å². The van der Waals surface area contributed by atoms with Gasteiger partial charge in [-0.1, -0.05) is 41.6 Å². The van der Waals surface area contributed by atoms with E-state index in [0.717, 1.165) is 16.9 Å². The Morgan fingerprint density at radius 1 is 1.10 bits per heavy atom. The molecule has 0 saturated carbocycles. The molecule has 0 bridgehead atoms. The van der Waals surface area contributed by atoms with Crippen LogP contribution in [0.4, 0.5) is 17.6 Å². The topological polar surface area (TPSA) is 130 Å². The molecule has 0 fully saturated rings. The highest BCUT2D eigenvalue weighted by Crippen LogP contribution is 2.27. The van der Waals surface area contributed by atoms with E-state index >= 15 is 0 Å². The molecule has 158 valence electrons. The number of anilines is 3. The summed E-state index contributed by atoms with van der Waals surface area (Å²) in [4.78, 5) is 12.9. The van der Waals surface area contributed by atoms with Crippen LogP contribution >= 0.6 is 11.8 Å². The van der Waals surface area contributed by atoms with E-state index in [1.54, 1.807) is 11.8 Å². The number of hydrogen-bond donors (Lipinski definition) is 2. The van der Waals surface area contributed by atoms with Crippen molar-refractivity contribution in [2.24, 2.45) is 0 Å². The first-order valence-corrected chi connectivity index (χ1v) is 10.4. The molecule has 2 heterocycles. The van der Waals surface area contributed by atoms with E-state index in [-0.39, 0.29) is 5.95 Å². The van der Waals surface area contributed by atoms with Gasteiger partial charge in [0.05, 0.1) is 24.2 Å². The summed E-state index contributed by atoms with van der Waals surface area (Å²) in [5.41, 5.74) is 9.82. The van der Waals surface area contributed by atoms with Gasteiger partial charge >= 0.3 is 0 Å². The van der Waals surface area contributed by atoms with Crippen molar-refractivity contribution in [3.05, 3.63) is 59.4 Å². The highest BCUT2D eigenvalue weighted by atomic mass is 32.2. The summed E-state index contributed by atoms with van der Waals surface area (Å²) in [7, 11) is 1.60. The summed E-state index contributed by atoms with van der Waals surface area (Å²) in [6, 6.07) is 13.6. The second-order valence-corrected chi connectivity index (χ2v) is 7.65. The van der Waals surface area contributed by atoms with E-state index in [9.17, 15) is 0 Å². The fourth-order valence-corrected chi connectivity index (χ4v) is 3.76. The third-order valence-corrected chi connectivity index (χ3v) is 5.32. The number of aromatic nitrogens is 7. The van der Waals surface area contributed by atoms with Crippen LogP contribution in [-0.2, 0) is 5.75 Å². The standard InChI is InChI=1S/C20H21N9OS/c1-12-8-9-15(13(2)10-12)29-20(26-27-28-29)31-11-17-23-18(21)25-19(24-17)22-14-6-4-5-7-16(14)30-3/h4-10H,11H2,1-3H3,(H3,21,22,23,24,25). The van der Waals surface area contributed by atoms with E-state index in [1.165, 1.54) is 17.3 Å². The Hall–Kier alpha value is -3.73. The lowest BCUT2D eigenvalue weighted by Gasteiger charge is -2.11. The predicted molar refractivity (Wildman–Crippen MR) is 119 cm³/mol. The lowest BCUT2D eigenvalue weighted by molar-refractivity contribution is 0.417. The molecule has 0 amide bonds. The van der Waals surface area contributed by atoms with E-state index in [0.29, 0.717) is 28.4 Å². The Bertz CT molecular complexity index is 1210. The van der Waals surface area contributed by atoms with Crippen molar-refractivity contribution in [1.82, 2.24) is 35.2 Å². The SMILES string of the molecule is COc1ccccc1Nc1nc(N)nc(CSc2nnnn2-c2ccc(C)cc2C)n1. The molecular weight excluding hydrogens is 414 g/mol. The maximum Gasteiger partial charge on any atom is 0.232 e. The lowest BCUT2D eigenvalue weighted by Crippen LogP contribution is -2.07. The summed E-state index contributed by atoms with van der Waals surface area (Å²) in [5, 5.41) is 15.8. The van der Waals surface area contributed by atoms with Crippen molar-refractivity contribution >= 4 is 29.3 Å². The Balaban J connectivity index is 1.53. The number of thioether (sulfide) groups is 1. The molecule has 0 radical (unpaired) electrons. The largest absolute Gasteiger partial charge is 0.495 e. The fourth-order valence-electron chi connectivity index (χ4n) is 3.02. The highest BCUT2D eigenvalue weighted by molar-refractivity contribution is 7.98. The van der Waals surface area contributed by atoms with Gasteiger partial charge in [0.15, 0.2) is 0 Å². The van der Waals surface area contributed by atoms with Gasteiger partial charge in [-0.3, -0.25) is 0 Å². The third-order valence-electron chi connectivity index (χ3n) is 4.40. The second kappa shape index (κ2) is 8.96. The molecule has 4 rings (SSSR count). The maximum atomic E-state index is 5.90. The molecule has 2 aromatic heterocycles. The molecule has 0 aliphatic rings. The maximum absolute atomic E-state index is 5.90. The van der Waals surface area contributed by atoms with Gasteiger partial charge in [0.1, 0.15) is 11.6 Å². The van der Waals surface area contributed by atoms with Gasteiger partial charge in [0, 0.05) is 0 Å². The smallest absolute Gasteiger partial charge is 0.232 e. The molecule has 0 aliphatic heterocycles. The summed E-state index contributed by atoms with van der Waals surface area (Å²) in [5.74, 6) is 2.05. The van der Waals surface area contributed by atoms with Gasteiger partial charge in [-0.25, -0.2) is 0 Å². The van der Waals surface area contributed by atoms with Crippen LogP contribution in [0.1, 0.15) is 17.0 Å². The van der Waals surface area contributed by atoms with Crippen molar-refractivity contribution in [2.45, 2.75) is 24.8 Å². The summed E-state index contributed by atoms with van der Waals surface area (Å²) >= 11 is 1.41. The number of aryl methyl sites for hydroxylation is 2. The van der Waals surface area contributed by atoms with Crippen LogP contribution < -0.4 is 15.8 Å². The minimum atomic E-state index is 0.122. The van der Waals surface area contributed by atoms with E-state index < -0.39 is 0 Å². The first-order valence-electron chi connectivity index (χ1n) is 9.43. The minimum Gasteiger partial charge on any atom is -0.495 e. The first-order chi connectivity index (χ1) is 15.0. The lowest BCUT2D eigenvalue weighted by atomic mass is 10.1. The molecule has 0 atom stereocenters. The monoisotopic (exact) mass is 435 g/mol. The summed E-state index contributed by atoms with van der Waals surface area (Å²) in [6.45, 7) is 4.08. The molecule has 0 aliphatic carbocycles. The van der Waals surface area contributed by atoms with Crippen molar-refractivity contribution < 1.29 is 4.74 Å². The minimum absolute atomic E-state index is 0.122. The number of rotatable bonds is 7. The Kier molecular flexibility index (Phi) is 5.94. The van der Waals surface area contributed by atoms with Crippen LogP contribution in [0.3, 0.4) is 0 Å². The van der Waals surface area contributed by atoms with E-state index in [1.807, 2.05) is 50.2 Å². The van der Waals surface area contributed by atoms with Gasteiger partial charge in [0.25, 0.3) is 0 Å². The summed E-state index contributed by atoms with van der Waals surface area (Å²) < 4.78 is 7.06. The van der Waals surface area contributed by atoms with Crippen molar-refractivity contribution in [3.63, 3.8) is 0 Å². The Morgan fingerprint density at radius 2 is 1.94 bits per heavy atom. The molecule has 31 heavy (non-hydrogen) atoms. The number of nitrogens with zero attached hydrogens (tertiary/aromatic N) is 7. The van der Waals surface area contributed by atoms with Crippen molar-refractivity contribution in [3.8, 4) is 11.4 Å². The normalized spacial score (nSPS) is 10.8. The number of nitrogens with one attached hydrogen (secondary N) is 1. The average Bonchev–Trinajstić information content (AvgIpc) is 3.20. The molecule has 0 unspecified atom stereocenters. The number of ether oxygens (including phenoxy) is 1. The zero-order valence-corrected chi connectivity index (χ0v) is 18.1. The fraction of sp³-hybridized carbons (Fsp3) is 0.200. The molecule has 2 aromatic carbocycles. The number of benzene rings is 2. The van der Waals surface area contributed by atoms with Gasteiger partial charge < -0.3 is 15.8 Å². The van der Waals surface area contributed by atoms with Crippen LogP contribution in [0.15, 0.2) is 47.6 Å². The number of nitrogen functional groups attached to an aromatic ring is 1. The first kappa shape index (κ1) is 20.5. The molecule has 0 saturated heterocycles. The Labute approximate surface area is 183 Å². The van der Waals surface area contributed by atoms with Crippen LogP contribution in [0, 0.1) is 13.8 Å². The van der Waals surface area contributed by atoms with Crippen molar-refractivity contribution in [2.75, 3.05) is 18.2 Å². The van der Waals surface area contributed by atoms with E-state index in [4.69, 9.17) is 10.5 Å². The molecule has 10 nitrogen and oxygen atoms in total. The van der Waals surface area contributed by atoms with Crippen LogP contribution in [0.5, 0.6) is 5.75 Å². The molecule has 3 N–H and O–H groups in total. The Morgan fingerprint density at radius 3 is 2.74 bits per heavy atom. The summed E-state index contributed by atoms with van der Waals surface area (Å²) in [6.07, 6.45) is 0. The zero-order chi connectivity index (χ0) is 21.8. The van der Waals surface area contributed by atoms with Gasteiger partial charge in [0.2, 0.25) is 17.1 Å². The molecule has 0 spiro atoms. The molecule has 4 aromatic rings. The van der Waals surface area contributed by atoms with Crippen LogP contribution in [-0.4, -0.2) is 42.3 Å². The van der Waals surface area contributed by atoms with E-state index in [2.05, 4.69) is 41.9 Å². The number of nitrogens with two attached hydrogens (primary N) is 1. The number of hydrogen-bond acceptors (Lipinski definition) is 10. The van der Waals surface area contributed by atoms with Gasteiger partial charge in [-0.2, -0.15) is 19.6 Å². The number of para-hydroxylation sites is 2. The molecule has 11 heteroatoms. The zero-order valence-electron chi connectivity index (χ0n) is 17.3. The van der Waals surface area contributed by atoms with Gasteiger partial charge in [-0.05, 0) is 48.0 Å². The van der Waals surface area contributed by atoms with Crippen LogP contribution in [0.2, 0.25) is 0 Å². The predicted octanol–water partition coefficient (Wildman–Crippen LogP) is 3.09. The second-order valence-electron chi connectivity index (χ2n) is 6.71. The number of methoxy groups -OCH3 is 1. The average molecular weight is 436 g/mol.